The summed E-state index contributed by atoms with van der Waals surface area (Å²) in [5.74, 6) is -1.82. The molecule has 0 radical (unpaired) electrons. The first-order valence-corrected chi connectivity index (χ1v) is 6.47. The first kappa shape index (κ1) is 16.5. The SMILES string of the molecule is O=C(/C=C/c1c(Cl)cccc1Cl)N[C@@H](CCO)C(=O)O. The Labute approximate surface area is 125 Å². The van der Waals surface area contributed by atoms with Crippen molar-refractivity contribution in [2.24, 2.45) is 0 Å². The van der Waals surface area contributed by atoms with Crippen LogP contribution in [-0.2, 0) is 9.59 Å². The summed E-state index contributed by atoms with van der Waals surface area (Å²) in [6.07, 6.45) is 2.47. The number of hydrogen-bond donors (Lipinski definition) is 3. The molecule has 1 aromatic carbocycles. The summed E-state index contributed by atoms with van der Waals surface area (Å²) in [6.45, 7) is -0.336. The topological polar surface area (TPSA) is 86.6 Å². The van der Waals surface area contributed by atoms with Crippen molar-refractivity contribution in [1.29, 1.82) is 0 Å². The number of hydrogen-bond acceptors (Lipinski definition) is 3. The van der Waals surface area contributed by atoms with Crippen LogP contribution in [0.4, 0.5) is 0 Å². The molecule has 0 heterocycles. The van der Waals surface area contributed by atoms with Crippen molar-refractivity contribution >= 4 is 41.2 Å². The molecule has 0 saturated carbocycles. The molecule has 0 bridgehead atoms. The number of carbonyl (C=O) groups excluding carboxylic acids is 1. The Morgan fingerprint density at radius 3 is 2.40 bits per heavy atom. The van der Waals surface area contributed by atoms with Gasteiger partial charge in [0.25, 0.3) is 0 Å². The Morgan fingerprint density at radius 2 is 1.90 bits per heavy atom. The third kappa shape index (κ3) is 4.85. The third-order valence-electron chi connectivity index (χ3n) is 2.43. The molecule has 20 heavy (non-hydrogen) atoms. The molecule has 5 nitrogen and oxygen atoms in total. The standard InChI is InChI=1S/C13H13Cl2NO4/c14-9-2-1-3-10(15)8(9)4-5-12(18)16-11(6-7-17)13(19)20/h1-5,11,17H,6-7H2,(H,16,18)(H,19,20)/b5-4+/t11-/m0/s1. The Kier molecular flexibility index (Phi) is 6.51. The highest BCUT2D eigenvalue weighted by molar-refractivity contribution is 6.37. The van der Waals surface area contributed by atoms with Crippen molar-refractivity contribution < 1.29 is 19.8 Å². The predicted octanol–water partition coefficient (Wildman–Crippen LogP) is 1.96. The predicted molar refractivity (Wildman–Crippen MR) is 76.8 cm³/mol. The number of rotatable bonds is 6. The van der Waals surface area contributed by atoms with Crippen molar-refractivity contribution in [3.63, 3.8) is 0 Å². The fraction of sp³-hybridized carbons (Fsp3) is 0.231. The highest BCUT2D eigenvalue weighted by atomic mass is 35.5. The number of amides is 1. The van der Waals surface area contributed by atoms with Gasteiger partial charge in [0.2, 0.25) is 5.91 Å². The van der Waals surface area contributed by atoms with Gasteiger partial charge in [0.15, 0.2) is 0 Å². The van der Waals surface area contributed by atoms with Crippen LogP contribution < -0.4 is 5.32 Å². The number of aliphatic carboxylic acids is 1. The highest BCUT2D eigenvalue weighted by Gasteiger charge is 2.17. The smallest absolute Gasteiger partial charge is 0.326 e. The van der Waals surface area contributed by atoms with E-state index < -0.39 is 17.9 Å². The van der Waals surface area contributed by atoms with E-state index in [4.69, 9.17) is 33.4 Å². The summed E-state index contributed by atoms with van der Waals surface area (Å²) in [6, 6.07) is 3.77. The molecule has 0 unspecified atom stereocenters. The van der Waals surface area contributed by atoms with Crippen LogP contribution in [0.3, 0.4) is 0 Å². The van der Waals surface area contributed by atoms with Gasteiger partial charge < -0.3 is 15.5 Å². The van der Waals surface area contributed by atoms with E-state index in [9.17, 15) is 9.59 Å². The number of carbonyl (C=O) groups is 2. The normalized spacial score (nSPS) is 12.3. The van der Waals surface area contributed by atoms with E-state index in [1.165, 1.54) is 6.08 Å². The minimum Gasteiger partial charge on any atom is -0.480 e. The van der Waals surface area contributed by atoms with Crippen LogP contribution in [0.25, 0.3) is 6.08 Å². The molecule has 1 rings (SSSR count). The van der Waals surface area contributed by atoms with Gasteiger partial charge in [-0.1, -0.05) is 29.3 Å². The van der Waals surface area contributed by atoms with E-state index >= 15 is 0 Å². The third-order valence-corrected chi connectivity index (χ3v) is 3.09. The fourth-order valence-corrected chi connectivity index (χ4v) is 1.96. The van der Waals surface area contributed by atoms with Crippen molar-refractivity contribution in [1.82, 2.24) is 5.32 Å². The lowest BCUT2D eigenvalue weighted by Gasteiger charge is -2.11. The summed E-state index contributed by atoms with van der Waals surface area (Å²) in [4.78, 5) is 22.4. The van der Waals surface area contributed by atoms with Gasteiger partial charge in [-0.3, -0.25) is 4.79 Å². The average Bonchev–Trinajstić information content (AvgIpc) is 2.37. The van der Waals surface area contributed by atoms with E-state index in [1.54, 1.807) is 18.2 Å². The number of benzene rings is 1. The van der Waals surface area contributed by atoms with Crippen molar-refractivity contribution in [3.8, 4) is 0 Å². The molecule has 0 saturated heterocycles. The average molecular weight is 318 g/mol. The van der Waals surface area contributed by atoms with Crippen LogP contribution in [0, 0.1) is 0 Å². The van der Waals surface area contributed by atoms with Crippen molar-refractivity contribution in [2.45, 2.75) is 12.5 Å². The van der Waals surface area contributed by atoms with Gasteiger partial charge in [0.05, 0.1) is 0 Å². The maximum Gasteiger partial charge on any atom is 0.326 e. The Hall–Kier alpha value is -1.56. The van der Waals surface area contributed by atoms with Crippen LogP contribution in [0.5, 0.6) is 0 Å². The first-order chi connectivity index (χ1) is 9.45. The van der Waals surface area contributed by atoms with E-state index in [0.29, 0.717) is 15.6 Å². The molecule has 0 aromatic heterocycles. The second-order valence-corrected chi connectivity index (χ2v) is 4.69. The molecule has 108 valence electrons. The Morgan fingerprint density at radius 1 is 1.30 bits per heavy atom. The quantitative estimate of drug-likeness (QED) is 0.700. The number of aliphatic hydroxyl groups excluding tert-OH is 1. The lowest BCUT2D eigenvalue weighted by Crippen LogP contribution is -2.40. The van der Waals surface area contributed by atoms with Crippen LogP contribution in [0.1, 0.15) is 12.0 Å². The van der Waals surface area contributed by atoms with E-state index in [-0.39, 0.29) is 13.0 Å². The van der Waals surface area contributed by atoms with Crippen molar-refractivity contribution in [3.05, 3.63) is 39.9 Å². The minimum absolute atomic E-state index is 0.0677. The minimum atomic E-state index is -1.21. The van der Waals surface area contributed by atoms with Gasteiger partial charge in [-0.05, 0) is 18.2 Å². The van der Waals surface area contributed by atoms with Crippen molar-refractivity contribution in [2.75, 3.05) is 6.61 Å². The number of nitrogens with one attached hydrogen (secondary N) is 1. The van der Waals surface area contributed by atoms with Crippen LogP contribution in [0.15, 0.2) is 24.3 Å². The Bertz CT molecular complexity index is 511. The molecule has 0 spiro atoms. The molecule has 0 aliphatic rings. The van der Waals surface area contributed by atoms with Crippen LogP contribution in [-0.4, -0.2) is 34.7 Å². The zero-order chi connectivity index (χ0) is 15.1. The monoisotopic (exact) mass is 317 g/mol. The maximum atomic E-state index is 11.6. The van der Waals surface area contributed by atoms with Gasteiger partial charge in [0.1, 0.15) is 6.04 Å². The molecular formula is C13H13Cl2NO4. The molecule has 1 atom stereocenters. The van der Waals surface area contributed by atoms with Crippen LogP contribution in [0.2, 0.25) is 10.0 Å². The lowest BCUT2D eigenvalue weighted by atomic mass is 10.2. The summed E-state index contributed by atoms with van der Waals surface area (Å²) in [5.41, 5.74) is 0.472. The number of carboxylic acids is 1. The number of aliphatic hydroxyl groups is 1. The van der Waals surface area contributed by atoms with Gasteiger partial charge in [-0.2, -0.15) is 0 Å². The molecular weight excluding hydrogens is 305 g/mol. The summed E-state index contributed by atoms with van der Waals surface area (Å²) in [5, 5.41) is 20.6. The van der Waals surface area contributed by atoms with Crippen LogP contribution >= 0.6 is 23.2 Å². The second kappa shape index (κ2) is 7.89. The highest BCUT2D eigenvalue weighted by Crippen LogP contribution is 2.25. The van der Waals surface area contributed by atoms with Gasteiger partial charge in [0, 0.05) is 34.7 Å². The molecule has 7 heteroatoms. The molecule has 1 aromatic rings. The maximum absolute atomic E-state index is 11.6. The van der Waals surface area contributed by atoms with Gasteiger partial charge in [-0.15, -0.1) is 0 Å². The van der Waals surface area contributed by atoms with Gasteiger partial charge in [-0.25, -0.2) is 4.79 Å². The second-order valence-electron chi connectivity index (χ2n) is 3.88. The summed E-state index contributed by atoms with van der Waals surface area (Å²) < 4.78 is 0. The zero-order valence-corrected chi connectivity index (χ0v) is 11.9. The largest absolute Gasteiger partial charge is 0.480 e. The van der Waals surface area contributed by atoms with E-state index in [1.807, 2.05) is 0 Å². The number of carboxylic acid groups (broad SMARTS) is 1. The molecule has 1 amide bonds. The van der Waals surface area contributed by atoms with E-state index in [0.717, 1.165) is 6.08 Å². The Balaban J connectivity index is 2.75. The molecule has 0 aliphatic heterocycles. The molecule has 3 N–H and O–H groups in total. The molecule has 0 aliphatic carbocycles. The van der Waals surface area contributed by atoms with E-state index in [2.05, 4.69) is 5.32 Å². The lowest BCUT2D eigenvalue weighted by molar-refractivity contribution is -0.141. The summed E-state index contributed by atoms with van der Waals surface area (Å²) in [7, 11) is 0. The first-order valence-electron chi connectivity index (χ1n) is 5.72. The number of halogens is 2. The molecule has 0 fully saturated rings. The summed E-state index contributed by atoms with van der Waals surface area (Å²) >= 11 is 11.8. The zero-order valence-electron chi connectivity index (χ0n) is 10.3. The van der Waals surface area contributed by atoms with Gasteiger partial charge >= 0.3 is 5.97 Å². The fourth-order valence-electron chi connectivity index (χ4n) is 1.44.